The van der Waals surface area contributed by atoms with E-state index >= 15 is 0 Å². The number of aromatic nitrogens is 4. The van der Waals surface area contributed by atoms with Crippen LogP contribution in [0, 0.1) is 6.92 Å². The lowest BCUT2D eigenvalue weighted by molar-refractivity contribution is 0.442. The SMILES string of the molecule is Cc1ccc(CCNc2ccc3ncc(C4CCC(Cl)C(Cl)C4)n3n2)nc1. The molecule has 7 heteroatoms. The second-order valence-corrected chi connectivity index (χ2v) is 8.34. The van der Waals surface area contributed by atoms with Crippen LogP contribution in [-0.4, -0.2) is 36.9 Å². The number of nitrogens with zero attached hydrogens (tertiary/aromatic N) is 4. The Balaban J connectivity index is 1.46. The van der Waals surface area contributed by atoms with Crippen LogP contribution in [0.2, 0.25) is 0 Å². The molecule has 0 aromatic carbocycles. The third-order valence-corrected chi connectivity index (χ3v) is 6.29. The van der Waals surface area contributed by atoms with Crippen LogP contribution in [0.15, 0.2) is 36.7 Å². The van der Waals surface area contributed by atoms with E-state index in [1.54, 1.807) is 0 Å². The molecule has 1 aliphatic carbocycles. The molecule has 3 aromatic rings. The first-order chi connectivity index (χ1) is 13.1. The number of aryl methyl sites for hydroxylation is 1. The number of imidazole rings is 1. The van der Waals surface area contributed by atoms with Gasteiger partial charge in [0.1, 0.15) is 5.82 Å². The van der Waals surface area contributed by atoms with Gasteiger partial charge in [0.25, 0.3) is 0 Å². The minimum absolute atomic E-state index is 0.000663. The molecule has 0 radical (unpaired) electrons. The van der Waals surface area contributed by atoms with E-state index in [0.29, 0.717) is 5.92 Å². The highest BCUT2D eigenvalue weighted by Gasteiger charge is 2.30. The van der Waals surface area contributed by atoms with Gasteiger partial charge in [-0.25, -0.2) is 9.50 Å². The summed E-state index contributed by atoms with van der Waals surface area (Å²) < 4.78 is 1.94. The second kappa shape index (κ2) is 8.03. The van der Waals surface area contributed by atoms with Crippen molar-refractivity contribution < 1.29 is 0 Å². The Hall–Kier alpha value is -1.85. The molecule has 4 rings (SSSR count). The normalized spacial score (nSPS) is 22.9. The third kappa shape index (κ3) is 4.19. The summed E-state index contributed by atoms with van der Waals surface area (Å²) in [5.74, 6) is 1.18. The number of alkyl halides is 2. The number of fused-ring (bicyclic) bond motifs is 1. The zero-order valence-corrected chi connectivity index (χ0v) is 16.8. The first-order valence-electron chi connectivity index (χ1n) is 9.38. The molecular weight excluding hydrogens is 381 g/mol. The molecule has 0 spiro atoms. The summed E-state index contributed by atoms with van der Waals surface area (Å²) in [5.41, 5.74) is 4.22. The maximum atomic E-state index is 6.40. The van der Waals surface area contributed by atoms with Gasteiger partial charge >= 0.3 is 0 Å². The molecule has 0 bridgehead atoms. The number of rotatable bonds is 5. The van der Waals surface area contributed by atoms with E-state index in [1.807, 2.05) is 36.0 Å². The average Bonchev–Trinajstić information content (AvgIpc) is 3.09. The highest BCUT2D eigenvalue weighted by atomic mass is 35.5. The molecule has 3 aromatic heterocycles. The zero-order chi connectivity index (χ0) is 18.8. The van der Waals surface area contributed by atoms with E-state index in [4.69, 9.17) is 28.3 Å². The van der Waals surface area contributed by atoms with Crippen LogP contribution in [0.3, 0.4) is 0 Å². The van der Waals surface area contributed by atoms with E-state index < -0.39 is 0 Å². The van der Waals surface area contributed by atoms with Crippen molar-refractivity contribution in [1.82, 2.24) is 19.6 Å². The van der Waals surface area contributed by atoms with Crippen molar-refractivity contribution in [3.63, 3.8) is 0 Å². The smallest absolute Gasteiger partial charge is 0.153 e. The maximum Gasteiger partial charge on any atom is 0.153 e. The van der Waals surface area contributed by atoms with Crippen molar-refractivity contribution in [3.05, 3.63) is 53.6 Å². The monoisotopic (exact) mass is 403 g/mol. The number of pyridine rings is 1. The van der Waals surface area contributed by atoms with E-state index in [1.165, 1.54) is 5.56 Å². The van der Waals surface area contributed by atoms with Gasteiger partial charge in [0.2, 0.25) is 0 Å². The van der Waals surface area contributed by atoms with Crippen LogP contribution in [0.25, 0.3) is 5.65 Å². The largest absolute Gasteiger partial charge is 0.368 e. The Morgan fingerprint density at radius 3 is 2.74 bits per heavy atom. The maximum absolute atomic E-state index is 6.40. The Kier molecular flexibility index (Phi) is 5.50. The van der Waals surface area contributed by atoms with E-state index in [-0.39, 0.29) is 10.8 Å². The highest BCUT2D eigenvalue weighted by molar-refractivity contribution is 6.30. The van der Waals surface area contributed by atoms with Gasteiger partial charge < -0.3 is 5.32 Å². The molecule has 0 aliphatic heterocycles. The molecule has 1 fully saturated rings. The Morgan fingerprint density at radius 2 is 1.96 bits per heavy atom. The van der Waals surface area contributed by atoms with Gasteiger partial charge in [0.15, 0.2) is 5.65 Å². The molecule has 5 nitrogen and oxygen atoms in total. The van der Waals surface area contributed by atoms with Gasteiger partial charge in [-0.3, -0.25) is 4.98 Å². The van der Waals surface area contributed by atoms with E-state index in [9.17, 15) is 0 Å². The van der Waals surface area contributed by atoms with E-state index in [2.05, 4.69) is 27.4 Å². The lowest BCUT2D eigenvalue weighted by Gasteiger charge is -2.28. The number of hydrogen-bond acceptors (Lipinski definition) is 4. The topological polar surface area (TPSA) is 55.1 Å². The lowest BCUT2D eigenvalue weighted by Crippen LogP contribution is -2.25. The van der Waals surface area contributed by atoms with Crippen molar-refractivity contribution in [2.24, 2.45) is 0 Å². The minimum atomic E-state index is -0.000663. The van der Waals surface area contributed by atoms with Gasteiger partial charge in [0, 0.05) is 36.2 Å². The first kappa shape index (κ1) is 18.5. The Labute approximate surface area is 169 Å². The fraction of sp³-hybridized carbons (Fsp3) is 0.450. The Bertz CT molecular complexity index is 908. The molecule has 27 heavy (non-hydrogen) atoms. The predicted octanol–water partition coefficient (Wildman–Crippen LogP) is 4.57. The van der Waals surface area contributed by atoms with Crippen LogP contribution < -0.4 is 5.32 Å². The molecule has 1 N–H and O–H groups in total. The van der Waals surface area contributed by atoms with Crippen LogP contribution in [0.1, 0.15) is 42.1 Å². The molecule has 0 amide bonds. The summed E-state index contributed by atoms with van der Waals surface area (Å²) in [7, 11) is 0. The summed E-state index contributed by atoms with van der Waals surface area (Å²) >= 11 is 12.7. The van der Waals surface area contributed by atoms with Crippen molar-refractivity contribution in [2.75, 3.05) is 11.9 Å². The van der Waals surface area contributed by atoms with Crippen LogP contribution in [0.4, 0.5) is 5.82 Å². The molecule has 1 aliphatic rings. The van der Waals surface area contributed by atoms with Gasteiger partial charge in [-0.05, 0) is 49.9 Å². The standard InChI is InChI=1S/C20H23Cl2N5/c1-13-2-4-15(24-11-13)8-9-23-19-6-7-20-25-12-18(27(20)26-19)14-3-5-16(21)17(22)10-14/h2,4,6-7,11-12,14,16-17H,3,5,8-10H2,1H3,(H,23,26). The van der Waals surface area contributed by atoms with Gasteiger partial charge in [0.05, 0.1) is 17.3 Å². The van der Waals surface area contributed by atoms with Crippen LogP contribution in [-0.2, 0) is 6.42 Å². The van der Waals surface area contributed by atoms with Crippen molar-refractivity contribution in [2.45, 2.75) is 49.3 Å². The van der Waals surface area contributed by atoms with Gasteiger partial charge in [-0.2, -0.15) is 0 Å². The first-order valence-corrected chi connectivity index (χ1v) is 10.3. The molecule has 3 heterocycles. The van der Waals surface area contributed by atoms with Gasteiger partial charge in [-0.15, -0.1) is 28.3 Å². The zero-order valence-electron chi connectivity index (χ0n) is 15.3. The molecule has 142 valence electrons. The molecular formula is C20H23Cl2N5. The number of hydrogen-bond donors (Lipinski definition) is 1. The number of halogens is 2. The van der Waals surface area contributed by atoms with Crippen LogP contribution in [0.5, 0.6) is 0 Å². The summed E-state index contributed by atoms with van der Waals surface area (Å²) in [6.45, 7) is 2.82. The summed E-state index contributed by atoms with van der Waals surface area (Å²) in [4.78, 5) is 8.94. The van der Waals surface area contributed by atoms with Crippen molar-refractivity contribution in [3.8, 4) is 0 Å². The molecule has 1 saturated carbocycles. The summed E-state index contributed by atoms with van der Waals surface area (Å²) in [6, 6.07) is 8.12. The van der Waals surface area contributed by atoms with Crippen LogP contribution >= 0.6 is 23.2 Å². The third-order valence-electron chi connectivity index (χ3n) is 5.16. The fourth-order valence-electron chi connectivity index (χ4n) is 3.58. The minimum Gasteiger partial charge on any atom is -0.368 e. The second-order valence-electron chi connectivity index (χ2n) is 7.22. The van der Waals surface area contributed by atoms with Gasteiger partial charge in [-0.1, -0.05) is 6.07 Å². The lowest BCUT2D eigenvalue weighted by atomic mass is 9.86. The van der Waals surface area contributed by atoms with Crippen molar-refractivity contribution in [1.29, 1.82) is 0 Å². The molecule has 0 saturated heterocycles. The average molecular weight is 404 g/mol. The van der Waals surface area contributed by atoms with Crippen molar-refractivity contribution >= 4 is 34.7 Å². The highest BCUT2D eigenvalue weighted by Crippen LogP contribution is 2.37. The molecule has 3 unspecified atom stereocenters. The quantitative estimate of drug-likeness (QED) is 0.633. The fourth-order valence-corrected chi connectivity index (χ4v) is 4.15. The number of anilines is 1. The molecule has 3 atom stereocenters. The summed E-state index contributed by atoms with van der Waals surface area (Å²) in [5, 5.41) is 8.19. The number of nitrogens with one attached hydrogen (secondary N) is 1. The van der Waals surface area contributed by atoms with E-state index in [0.717, 1.165) is 55.1 Å². The Morgan fingerprint density at radius 1 is 1.07 bits per heavy atom. The summed E-state index contributed by atoms with van der Waals surface area (Å²) in [6.07, 6.45) is 7.48. The predicted molar refractivity (Wildman–Crippen MR) is 110 cm³/mol.